The maximum Gasteiger partial charge on any atom is 0.329 e. The third-order valence-corrected chi connectivity index (χ3v) is 3.88. The van der Waals surface area contributed by atoms with Gasteiger partial charge in [0.25, 0.3) is 5.56 Å². The first-order valence-corrected chi connectivity index (χ1v) is 6.30. The van der Waals surface area contributed by atoms with E-state index in [1.165, 1.54) is 29.8 Å². The first-order chi connectivity index (χ1) is 8.25. The number of nitrogens with zero attached hydrogens (tertiary/aromatic N) is 2. The Hall–Kier alpha value is -1.69. The lowest BCUT2D eigenvalue weighted by molar-refractivity contribution is -0.145. The quantitative estimate of drug-likeness (QED) is 0.901. The van der Waals surface area contributed by atoms with Crippen molar-refractivity contribution in [1.29, 1.82) is 0 Å². The number of aryl methyl sites for hydroxylation is 2. The minimum atomic E-state index is -1.31. The summed E-state index contributed by atoms with van der Waals surface area (Å²) in [5, 5.41) is 9.72. The molecule has 0 bridgehead atoms. The molecule has 0 aromatic carbocycles. The molecule has 2 rings (SSSR count). The molecular weight excluding hydrogens is 252 g/mol. The maximum absolute atomic E-state index is 12.4. The van der Waals surface area contributed by atoms with Gasteiger partial charge in [-0.05, 0) is 33.8 Å². The van der Waals surface area contributed by atoms with Crippen molar-refractivity contribution in [3.63, 3.8) is 0 Å². The highest BCUT2D eigenvalue weighted by Gasteiger charge is 2.32. The van der Waals surface area contributed by atoms with Crippen molar-refractivity contribution in [3.05, 3.63) is 27.1 Å². The van der Waals surface area contributed by atoms with Gasteiger partial charge in [-0.2, -0.15) is 0 Å². The molecule has 0 saturated heterocycles. The Balaban J connectivity index is 2.88. The van der Waals surface area contributed by atoms with Gasteiger partial charge in [-0.3, -0.25) is 9.36 Å². The molecule has 96 valence electrons. The van der Waals surface area contributed by atoms with Gasteiger partial charge in [0.05, 0.1) is 5.39 Å². The van der Waals surface area contributed by atoms with E-state index in [1.807, 2.05) is 6.92 Å². The van der Waals surface area contributed by atoms with Crippen LogP contribution in [0.15, 0.2) is 10.9 Å². The first-order valence-electron chi connectivity index (χ1n) is 5.49. The average Bonchev–Trinajstić information content (AvgIpc) is 2.58. The van der Waals surface area contributed by atoms with Crippen molar-refractivity contribution in [3.8, 4) is 0 Å². The molecule has 0 saturated carbocycles. The lowest BCUT2D eigenvalue weighted by Crippen LogP contribution is -2.44. The fraction of sp³-hybridized carbons (Fsp3) is 0.417. The molecule has 0 atom stereocenters. The van der Waals surface area contributed by atoms with E-state index in [4.69, 9.17) is 0 Å². The van der Waals surface area contributed by atoms with Crippen LogP contribution < -0.4 is 5.56 Å². The molecule has 5 nitrogen and oxygen atoms in total. The van der Waals surface area contributed by atoms with E-state index >= 15 is 0 Å². The van der Waals surface area contributed by atoms with E-state index in [0.717, 1.165) is 4.88 Å². The van der Waals surface area contributed by atoms with Crippen LogP contribution in [0.3, 0.4) is 0 Å². The standard InChI is InChI=1S/C12H14N2O3S/c1-6-5-8-9(18-6)13-7(2)14(10(8)15)12(3,4)11(16)17/h5H,1-4H3,(H,16,17). The number of aromatic nitrogens is 2. The van der Waals surface area contributed by atoms with E-state index in [0.29, 0.717) is 16.0 Å². The molecule has 0 fully saturated rings. The molecule has 1 N–H and O–H groups in total. The zero-order chi connectivity index (χ0) is 13.7. The number of carboxylic acid groups (broad SMARTS) is 1. The number of hydrogen-bond donors (Lipinski definition) is 1. The van der Waals surface area contributed by atoms with Crippen LogP contribution in [-0.4, -0.2) is 20.6 Å². The third kappa shape index (κ3) is 1.73. The number of thiophene rings is 1. The Kier molecular flexibility index (Phi) is 2.77. The predicted octanol–water partition coefficient (Wildman–Crippen LogP) is 1.89. The summed E-state index contributed by atoms with van der Waals surface area (Å²) in [5.74, 6) is -0.637. The Morgan fingerprint density at radius 1 is 1.44 bits per heavy atom. The van der Waals surface area contributed by atoms with Gasteiger partial charge in [0.2, 0.25) is 0 Å². The van der Waals surface area contributed by atoms with E-state index in [9.17, 15) is 14.7 Å². The van der Waals surface area contributed by atoms with Gasteiger partial charge in [-0.25, -0.2) is 9.78 Å². The molecule has 0 radical (unpaired) electrons. The van der Waals surface area contributed by atoms with Crippen LogP contribution in [0, 0.1) is 13.8 Å². The lowest BCUT2D eigenvalue weighted by atomic mass is 10.1. The summed E-state index contributed by atoms with van der Waals surface area (Å²) in [6, 6.07) is 1.75. The Morgan fingerprint density at radius 2 is 2.06 bits per heavy atom. The predicted molar refractivity (Wildman–Crippen MR) is 70.3 cm³/mol. The van der Waals surface area contributed by atoms with Crippen molar-refractivity contribution in [2.24, 2.45) is 0 Å². The number of fused-ring (bicyclic) bond motifs is 1. The van der Waals surface area contributed by atoms with E-state index in [1.54, 1.807) is 13.0 Å². The number of carbonyl (C=O) groups is 1. The molecule has 0 unspecified atom stereocenters. The second-order valence-electron chi connectivity index (χ2n) is 4.74. The normalized spacial score (nSPS) is 12.0. The van der Waals surface area contributed by atoms with Crippen molar-refractivity contribution < 1.29 is 9.90 Å². The summed E-state index contributed by atoms with van der Waals surface area (Å²) in [4.78, 5) is 29.6. The van der Waals surface area contributed by atoms with Crippen LogP contribution in [0.5, 0.6) is 0 Å². The topological polar surface area (TPSA) is 72.2 Å². The second-order valence-corrected chi connectivity index (χ2v) is 5.97. The Labute approximate surface area is 108 Å². The maximum atomic E-state index is 12.4. The molecule has 0 aliphatic carbocycles. The van der Waals surface area contributed by atoms with Crippen molar-refractivity contribution in [2.45, 2.75) is 33.2 Å². The van der Waals surface area contributed by atoms with Gasteiger partial charge >= 0.3 is 5.97 Å². The van der Waals surface area contributed by atoms with Gasteiger partial charge in [0.15, 0.2) is 0 Å². The van der Waals surface area contributed by atoms with Gasteiger partial charge < -0.3 is 5.11 Å². The highest BCUT2D eigenvalue weighted by Crippen LogP contribution is 2.23. The van der Waals surface area contributed by atoms with E-state index in [-0.39, 0.29) is 5.56 Å². The Morgan fingerprint density at radius 3 is 2.61 bits per heavy atom. The minimum Gasteiger partial charge on any atom is -0.480 e. The molecule has 2 aromatic rings. The molecular formula is C12H14N2O3S. The molecule has 6 heteroatoms. The van der Waals surface area contributed by atoms with Crippen LogP contribution in [0.25, 0.3) is 10.2 Å². The van der Waals surface area contributed by atoms with Crippen LogP contribution in [-0.2, 0) is 10.3 Å². The summed E-state index contributed by atoms with van der Waals surface area (Å²) in [6.45, 7) is 6.54. The number of hydrogen-bond acceptors (Lipinski definition) is 4. The van der Waals surface area contributed by atoms with Crippen LogP contribution in [0.2, 0.25) is 0 Å². The van der Waals surface area contributed by atoms with Gasteiger partial charge in [0, 0.05) is 4.88 Å². The van der Waals surface area contributed by atoms with E-state index < -0.39 is 11.5 Å². The van der Waals surface area contributed by atoms with Crippen molar-refractivity contribution in [1.82, 2.24) is 9.55 Å². The highest BCUT2D eigenvalue weighted by molar-refractivity contribution is 7.18. The molecule has 0 spiro atoms. The number of rotatable bonds is 2. The largest absolute Gasteiger partial charge is 0.480 e. The summed E-state index contributed by atoms with van der Waals surface area (Å²) in [5.41, 5.74) is -1.60. The second kappa shape index (κ2) is 3.91. The minimum absolute atomic E-state index is 0.297. The lowest BCUT2D eigenvalue weighted by Gasteiger charge is -2.24. The first kappa shape index (κ1) is 12.8. The fourth-order valence-electron chi connectivity index (χ4n) is 1.96. The summed E-state index contributed by atoms with van der Waals surface area (Å²) in [7, 11) is 0. The van der Waals surface area contributed by atoms with Gasteiger partial charge in [0.1, 0.15) is 16.2 Å². The number of aliphatic carboxylic acids is 1. The van der Waals surface area contributed by atoms with Crippen LogP contribution in [0.1, 0.15) is 24.5 Å². The zero-order valence-electron chi connectivity index (χ0n) is 10.6. The third-order valence-electron chi connectivity index (χ3n) is 2.94. The smallest absolute Gasteiger partial charge is 0.329 e. The van der Waals surface area contributed by atoms with Gasteiger partial charge in [-0.15, -0.1) is 11.3 Å². The summed E-state index contributed by atoms with van der Waals surface area (Å²) in [6.07, 6.45) is 0. The summed E-state index contributed by atoms with van der Waals surface area (Å²) < 4.78 is 1.24. The van der Waals surface area contributed by atoms with Gasteiger partial charge in [-0.1, -0.05) is 0 Å². The molecule has 18 heavy (non-hydrogen) atoms. The highest BCUT2D eigenvalue weighted by atomic mass is 32.1. The molecule has 0 amide bonds. The Bertz CT molecular complexity index is 697. The van der Waals surface area contributed by atoms with Crippen molar-refractivity contribution in [2.75, 3.05) is 0 Å². The fourth-order valence-corrected chi connectivity index (χ4v) is 2.87. The SMILES string of the molecule is Cc1cc2c(=O)n(C(C)(C)C(=O)O)c(C)nc2s1. The molecule has 2 aromatic heterocycles. The molecule has 0 aliphatic rings. The number of carboxylic acids is 1. The summed E-state index contributed by atoms with van der Waals surface area (Å²) >= 11 is 1.44. The van der Waals surface area contributed by atoms with Crippen molar-refractivity contribution >= 4 is 27.5 Å². The molecule has 0 aliphatic heterocycles. The average molecular weight is 266 g/mol. The van der Waals surface area contributed by atoms with Crippen LogP contribution >= 0.6 is 11.3 Å². The monoisotopic (exact) mass is 266 g/mol. The zero-order valence-corrected chi connectivity index (χ0v) is 11.5. The molecule has 2 heterocycles. The van der Waals surface area contributed by atoms with Crippen LogP contribution in [0.4, 0.5) is 0 Å². The van der Waals surface area contributed by atoms with E-state index in [2.05, 4.69) is 4.98 Å².